The molecule has 0 aromatic carbocycles. The molecule has 2 aliphatic rings. The van der Waals surface area contributed by atoms with Crippen molar-refractivity contribution < 1.29 is 4.79 Å². The summed E-state index contributed by atoms with van der Waals surface area (Å²) in [4.78, 5) is 14.5. The maximum atomic E-state index is 12.4. The Bertz CT molecular complexity index is 289. The molecule has 19 heavy (non-hydrogen) atoms. The molecule has 0 aliphatic carbocycles. The molecule has 4 heteroatoms. The molecule has 0 aromatic heterocycles. The van der Waals surface area contributed by atoms with Crippen LogP contribution in [0.3, 0.4) is 0 Å². The first kappa shape index (κ1) is 14.8. The fourth-order valence-electron chi connectivity index (χ4n) is 3.37. The standard InChI is InChI=1S/C15H29N3O/c1-12(13-5-3-7-17-10-13)9-15(19)18-8-4-6-14(11-18)16-2/h12-14,16-17H,3-11H2,1-2H3. The molecule has 2 fully saturated rings. The molecule has 4 nitrogen and oxygen atoms in total. The summed E-state index contributed by atoms with van der Waals surface area (Å²) >= 11 is 0. The van der Waals surface area contributed by atoms with Crippen molar-refractivity contribution in [1.29, 1.82) is 0 Å². The van der Waals surface area contributed by atoms with Crippen LogP contribution in [0.2, 0.25) is 0 Å². The van der Waals surface area contributed by atoms with Crippen LogP contribution in [0.5, 0.6) is 0 Å². The van der Waals surface area contributed by atoms with Crippen LogP contribution in [0.1, 0.15) is 39.0 Å². The highest BCUT2D eigenvalue weighted by Gasteiger charge is 2.27. The molecular formula is C15H29N3O. The number of amides is 1. The number of likely N-dealkylation sites (N-methyl/N-ethyl adjacent to an activating group) is 1. The highest BCUT2D eigenvalue weighted by molar-refractivity contribution is 5.76. The molecule has 0 aromatic rings. The number of piperidine rings is 2. The van der Waals surface area contributed by atoms with Gasteiger partial charge < -0.3 is 15.5 Å². The van der Waals surface area contributed by atoms with E-state index in [1.807, 2.05) is 7.05 Å². The SMILES string of the molecule is CNC1CCCN(C(=O)CC(C)C2CCCNC2)C1. The van der Waals surface area contributed by atoms with E-state index in [1.165, 1.54) is 19.3 Å². The van der Waals surface area contributed by atoms with Crippen LogP contribution in [-0.4, -0.2) is 50.1 Å². The summed E-state index contributed by atoms with van der Waals surface area (Å²) in [5.74, 6) is 1.55. The summed E-state index contributed by atoms with van der Waals surface area (Å²) in [5.41, 5.74) is 0. The van der Waals surface area contributed by atoms with E-state index in [9.17, 15) is 4.79 Å². The molecule has 110 valence electrons. The van der Waals surface area contributed by atoms with Gasteiger partial charge in [0.25, 0.3) is 0 Å². The van der Waals surface area contributed by atoms with Gasteiger partial charge in [-0.2, -0.15) is 0 Å². The van der Waals surface area contributed by atoms with Gasteiger partial charge in [-0.25, -0.2) is 0 Å². The Morgan fingerprint density at radius 1 is 1.42 bits per heavy atom. The van der Waals surface area contributed by atoms with Crippen LogP contribution < -0.4 is 10.6 Å². The molecule has 2 aliphatic heterocycles. The molecule has 1 amide bonds. The van der Waals surface area contributed by atoms with E-state index < -0.39 is 0 Å². The zero-order valence-corrected chi connectivity index (χ0v) is 12.5. The van der Waals surface area contributed by atoms with Gasteiger partial charge in [0.1, 0.15) is 0 Å². The molecule has 2 rings (SSSR count). The fraction of sp³-hybridized carbons (Fsp3) is 0.933. The van der Waals surface area contributed by atoms with Crippen molar-refractivity contribution in [1.82, 2.24) is 15.5 Å². The summed E-state index contributed by atoms with van der Waals surface area (Å²) in [7, 11) is 2.00. The number of rotatable bonds is 4. The van der Waals surface area contributed by atoms with E-state index >= 15 is 0 Å². The van der Waals surface area contributed by atoms with Crippen LogP contribution in [0.15, 0.2) is 0 Å². The van der Waals surface area contributed by atoms with Crippen molar-refractivity contribution in [3.63, 3.8) is 0 Å². The predicted octanol–water partition coefficient (Wildman–Crippen LogP) is 1.22. The molecule has 0 saturated carbocycles. The lowest BCUT2D eigenvalue weighted by atomic mass is 9.85. The molecule has 2 N–H and O–H groups in total. The topological polar surface area (TPSA) is 44.4 Å². The van der Waals surface area contributed by atoms with Crippen LogP contribution in [0.4, 0.5) is 0 Å². The monoisotopic (exact) mass is 267 g/mol. The average molecular weight is 267 g/mol. The highest BCUT2D eigenvalue weighted by Crippen LogP contribution is 2.24. The normalized spacial score (nSPS) is 30.1. The van der Waals surface area contributed by atoms with Crippen LogP contribution in [0, 0.1) is 11.8 Å². The predicted molar refractivity (Wildman–Crippen MR) is 78.0 cm³/mol. The summed E-state index contributed by atoms with van der Waals surface area (Å²) in [6.45, 7) is 6.33. The number of carbonyl (C=O) groups is 1. The molecule has 2 saturated heterocycles. The Balaban J connectivity index is 1.79. The third-order valence-electron chi connectivity index (χ3n) is 4.82. The quantitative estimate of drug-likeness (QED) is 0.805. The van der Waals surface area contributed by atoms with Crippen molar-refractivity contribution in [2.24, 2.45) is 11.8 Å². The van der Waals surface area contributed by atoms with Crippen LogP contribution in [0.25, 0.3) is 0 Å². The van der Waals surface area contributed by atoms with Crippen molar-refractivity contribution >= 4 is 5.91 Å². The van der Waals surface area contributed by atoms with Crippen molar-refractivity contribution in [2.75, 3.05) is 33.2 Å². The Labute approximate surface area is 117 Å². The first-order valence-corrected chi connectivity index (χ1v) is 7.86. The van der Waals surface area contributed by atoms with Gasteiger partial charge in [0, 0.05) is 25.6 Å². The number of hydrogen-bond donors (Lipinski definition) is 2. The van der Waals surface area contributed by atoms with E-state index in [2.05, 4.69) is 22.5 Å². The van der Waals surface area contributed by atoms with E-state index in [-0.39, 0.29) is 0 Å². The first-order chi connectivity index (χ1) is 9.20. The van der Waals surface area contributed by atoms with Gasteiger partial charge in [-0.05, 0) is 57.7 Å². The van der Waals surface area contributed by atoms with Crippen LogP contribution in [-0.2, 0) is 4.79 Å². The largest absolute Gasteiger partial charge is 0.341 e. The highest BCUT2D eigenvalue weighted by atomic mass is 16.2. The van der Waals surface area contributed by atoms with E-state index in [4.69, 9.17) is 0 Å². The van der Waals surface area contributed by atoms with Gasteiger partial charge in [0.05, 0.1) is 0 Å². The summed E-state index contributed by atoms with van der Waals surface area (Å²) in [5, 5.41) is 6.75. The maximum absolute atomic E-state index is 12.4. The first-order valence-electron chi connectivity index (χ1n) is 7.86. The minimum atomic E-state index is 0.359. The second-order valence-electron chi connectivity index (χ2n) is 6.26. The summed E-state index contributed by atoms with van der Waals surface area (Å²) < 4.78 is 0. The molecule has 0 spiro atoms. The number of nitrogens with zero attached hydrogens (tertiary/aromatic N) is 1. The number of carbonyl (C=O) groups excluding carboxylic acids is 1. The van der Waals surface area contributed by atoms with Crippen LogP contribution >= 0.6 is 0 Å². The third-order valence-corrected chi connectivity index (χ3v) is 4.82. The van der Waals surface area contributed by atoms with Gasteiger partial charge in [0.15, 0.2) is 0 Å². The number of hydrogen-bond acceptors (Lipinski definition) is 3. The lowest BCUT2D eigenvalue weighted by molar-refractivity contribution is -0.133. The van der Waals surface area contributed by atoms with Crippen molar-refractivity contribution in [3.8, 4) is 0 Å². The summed E-state index contributed by atoms with van der Waals surface area (Å²) in [6.07, 6.45) is 5.59. The second-order valence-corrected chi connectivity index (χ2v) is 6.26. The van der Waals surface area contributed by atoms with Gasteiger partial charge >= 0.3 is 0 Å². The zero-order chi connectivity index (χ0) is 13.7. The van der Waals surface area contributed by atoms with Gasteiger partial charge in [-0.1, -0.05) is 6.92 Å². The van der Waals surface area contributed by atoms with Crippen molar-refractivity contribution in [3.05, 3.63) is 0 Å². The lowest BCUT2D eigenvalue weighted by Crippen LogP contribution is -2.47. The molecular weight excluding hydrogens is 238 g/mol. The smallest absolute Gasteiger partial charge is 0.222 e. The second kappa shape index (κ2) is 7.25. The summed E-state index contributed by atoms with van der Waals surface area (Å²) in [6, 6.07) is 0.490. The Morgan fingerprint density at radius 3 is 2.95 bits per heavy atom. The third kappa shape index (κ3) is 4.18. The Kier molecular flexibility index (Phi) is 5.64. The maximum Gasteiger partial charge on any atom is 0.222 e. The van der Waals surface area contributed by atoms with E-state index in [0.717, 1.165) is 39.0 Å². The van der Waals surface area contributed by atoms with Gasteiger partial charge in [-0.3, -0.25) is 4.79 Å². The molecule has 2 heterocycles. The number of nitrogens with one attached hydrogen (secondary N) is 2. The molecule has 0 bridgehead atoms. The Hall–Kier alpha value is -0.610. The average Bonchev–Trinajstić information content (AvgIpc) is 2.48. The Morgan fingerprint density at radius 2 is 2.26 bits per heavy atom. The van der Waals surface area contributed by atoms with Crippen molar-refractivity contribution in [2.45, 2.75) is 45.1 Å². The van der Waals surface area contributed by atoms with E-state index in [1.54, 1.807) is 0 Å². The van der Waals surface area contributed by atoms with Gasteiger partial charge in [-0.15, -0.1) is 0 Å². The molecule has 3 atom stereocenters. The zero-order valence-electron chi connectivity index (χ0n) is 12.5. The molecule has 0 radical (unpaired) electrons. The lowest BCUT2D eigenvalue weighted by Gasteiger charge is -2.34. The molecule has 3 unspecified atom stereocenters. The van der Waals surface area contributed by atoms with Gasteiger partial charge in [0.2, 0.25) is 5.91 Å². The minimum Gasteiger partial charge on any atom is -0.341 e. The number of likely N-dealkylation sites (tertiary alicyclic amines) is 1. The fourth-order valence-corrected chi connectivity index (χ4v) is 3.37. The van der Waals surface area contributed by atoms with E-state index in [0.29, 0.717) is 23.8 Å². The minimum absolute atomic E-state index is 0.359.